The van der Waals surface area contributed by atoms with Crippen LogP contribution >= 0.6 is 0 Å². The Morgan fingerprint density at radius 3 is 2.19 bits per heavy atom. The molecule has 0 N–H and O–H groups in total. The monoisotopic (exact) mass is 383 g/mol. The first-order valence-corrected chi connectivity index (χ1v) is 10.6. The number of hydrogen-bond donors (Lipinski definition) is 0. The van der Waals surface area contributed by atoms with Crippen molar-refractivity contribution < 1.29 is 13.2 Å². The predicted molar refractivity (Wildman–Crippen MR) is 105 cm³/mol. The topological polar surface area (TPSA) is 53.1 Å². The average Bonchev–Trinajstić information content (AvgIpc) is 2.55. The number of likely N-dealkylation sites (N-methyl/N-ethyl adjacent to an activating group) is 1. The normalized spacial score (nSPS) is 22.8. The zero-order chi connectivity index (χ0) is 19.6. The third kappa shape index (κ3) is 4.39. The zero-order valence-corrected chi connectivity index (χ0v) is 17.9. The van der Waals surface area contributed by atoms with Gasteiger partial charge in [0.15, 0.2) is 0 Å². The molecule has 0 spiro atoms. The molecule has 1 aromatic carbocycles. The minimum atomic E-state index is -3.52. The summed E-state index contributed by atoms with van der Waals surface area (Å²) in [5, 5.41) is 0. The van der Waals surface area contributed by atoms with Gasteiger partial charge in [0.1, 0.15) is 5.75 Å². The summed E-state index contributed by atoms with van der Waals surface area (Å²) in [6.45, 7) is 10.9. The van der Waals surface area contributed by atoms with E-state index in [0.29, 0.717) is 18.0 Å². The van der Waals surface area contributed by atoms with Crippen LogP contribution in [-0.4, -0.2) is 82.0 Å². The van der Waals surface area contributed by atoms with Gasteiger partial charge in [0.05, 0.1) is 12.0 Å². The second kappa shape index (κ2) is 8.25. The van der Waals surface area contributed by atoms with Gasteiger partial charge in [0, 0.05) is 38.3 Å². The molecular formula is C19H33N3O3S. The fraction of sp³-hybridized carbons (Fsp3) is 0.684. The van der Waals surface area contributed by atoms with Gasteiger partial charge in [0.25, 0.3) is 0 Å². The van der Waals surface area contributed by atoms with Crippen molar-refractivity contribution in [3.63, 3.8) is 0 Å². The second-order valence-electron chi connectivity index (χ2n) is 7.65. The highest BCUT2D eigenvalue weighted by Gasteiger charge is 2.36. The lowest BCUT2D eigenvalue weighted by atomic mass is 10.1. The van der Waals surface area contributed by atoms with Crippen molar-refractivity contribution >= 4 is 10.0 Å². The number of aryl methyl sites for hydroxylation is 2. The minimum absolute atomic E-state index is 0.188. The molecule has 0 amide bonds. The summed E-state index contributed by atoms with van der Waals surface area (Å²) in [7, 11) is 2.20. The van der Waals surface area contributed by atoms with Crippen LogP contribution in [0.3, 0.4) is 0 Å². The molecule has 1 aromatic rings. The van der Waals surface area contributed by atoms with Gasteiger partial charge >= 0.3 is 0 Å². The molecule has 0 aromatic heterocycles. The lowest BCUT2D eigenvalue weighted by Gasteiger charge is -2.44. The summed E-state index contributed by atoms with van der Waals surface area (Å²) in [4.78, 5) is 4.95. The molecule has 0 bridgehead atoms. The molecular weight excluding hydrogens is 350 g/mol. The molecule has 2 rings (SSSR count). The summed E-state index contributed by atoms with van der Waals surface area (Å²) < 4.78 is 33.5. The number of benzene rings is 1. The van der Waals surface area contributed by atoms with E-state index in [1.54, 1.807) is 17.5 Å². The third-order valence-electron chi connectivity index (χ3n) is 5.18. The fourth-order valence-corrected chi connectivity index (χ4v) is 5.55. The maximum atomic E-state index is 13.3. The van der Waals surface area contributed by atoms with E-state index in [4.69, 9.17) is 4.74 Å². The highest BCUT2D eigenvalue weighted by Crippen LogP contribution is 2.29. The Labute approximate surface area is 158 Å². The molecule has 2 unspecified atom stereocenters. The van der Waals surface area contributed by atoms with E-state index in [-0.39, 0.29) is 12.1 Å². The van der Waals surface area contributed by atoms with E-state index in [1.807, 2.05) is 19.9 Å². The molecule has 1 aliphatic rings. The Morgan fingerprint density at radius 1 is 1.12 bits per heavy atom. The summed E-state index contributed by atoms with van der Waals surface area (Å²) in [5.41, 5.74) is 1.56. The summed E-state index contributed by atoms with van der Waals surface area (Å²) in [6, 6.07) is 3.92. The van der Waals surface area contributed by atoms with Gasteiger partial charge in [-0.05, 0) is 65.0 Å². The largest absolute Gasteiger partial charge is 0.496 e. The van der Waals surface area contributed by atoms with Crippen molar-refractivity contribution in [2.45, 2.75) is 44.7 Å². The SMILES string of the molecule is COc1cc(C)c(S(=O)(=O)N2CC(C)N(CCN(C)C)C(C)C2)cc1C. The van der Waals surface area contributed by atoms with Crippen LogP contribution in [0.15, 0.2) is 17.0 Å². The molecule has 7 heteroatoms. The van der Waals surface area contributed by atoms with Crippen molar-refractivity contribution in [1.82, 2.24) is 14.1 Å². The van der Waals surface area contributed by atoms with Gasteiger partial charge < -0.3 is 9.64 Å². The molecule has 148 valence electrons. The first-order chi connectivity index (χ1) is 12.1. The first kappa shape index (κ1) is 21.2. The molecule has 1 saturated heterocycles. The molecule has 6 nitrogen and oxygen atoms in total. The van der Waals surface area contributed by atoms with Crippen LogP contribution in [0.5, 0.6) is 5.75 Å². The molecule has 2 atom stereocenters. The summed E-state index contributed by atoms with van der Waals surface area (Å²) in [6.07, 6.45) is 0. The first-order valence-electron chi connectivity index (χ1n) is 9.13. The Balaban J connectivity index is 2.25. The standard InChI is InChI=1S/C19H33N3O3S/c1-14-11-19(15(2)10-18(14)25-7)26(23,24)21-12-16(3)22(17(4)13-21)9-8-20(5)6/h10-11,16-17H,8-9,12-13H2,1-7H3. The highest BCUT2D eigenvalue weighted by atomic mass is 32.2. The Bertz CT molecular complexity index is 722. The maximum Gasteiger partial charge on any atom is 0.243 e. The van der Waals surface area contributed by atoms with E-state index in [9.17, 15) is 8.42 Å². The van der Waals surface area contributed by atoms with Crippen LogP contribution < -0.4 is 4.74 Å². The summed E-state index contributed by atoms with van der Waals surface area (Å²) >= 11 is 0. The Kier molecular flexibility index (Phi) is 6.71. The van der Waals surface area contributed by atoms with E-state index in [0.717, 1.165) is 30.0 Å². The highest BCUT2D eigenvalue weighted by molar-refractivity contribution is 7.89. The van der Waals surface area contributed by atoms with Gasteiger partial charge in [-0.1, -0.05) is 0 Å². The lowest BCUT2D eigenvalue weighted by molar-refractivity contribution is 0.0708. The van der Waals surface area contributed by atoms with Crippen molar-refractivity contribution in [3.8, 4) is 5.75 Å². The number of ether oxygens (including phenoxy) is 1. The van der Waals surface area contributed by atoms with Crippen LogP contribution in [0, 0.1) is 13.8 Å². The van der Waals surface area contributed by atoms with E-state index in [1.165, 1.54) is 0 Å². The van der Waals surface area contributed by atoms with Gasteiger partial charge in [-0.25, -0.2) is 8.42 Å². The number of sulfonamides is 1. The predicted octanol–water partition coefficient (Wildman–Crippen LogP) is 1.96. The average molecular weight is 384 g/mol. The Morgan fingerprint density at radius 2 is 1.69 bits per heavy atom. The minimum Gasteiger partial charge on any atom is -0.496 e. The van der Waals surface area contributed by atoms with Crippen LogP contribution in [-0.2, 0) is 10.0 Å². The van der Waals surface area contributed by atoms with Crippen molar-refractivity contribution in [2.24, 2.45) is 0 Å². The second-order valence-corrected chi connectivity index (χ2v) is 9.55. The van der Waals surface area contributed by atoms with Crippen LogP contribution in [0.25, 0.3) is 0 Å². The van der Waals surface area contributed by atoms with Gasteiger partial charge in [-0.2, -0.15) is 4.31 Å². The zero-order valence-electron chi connectivity index (χ0n) is 17.1. The lowest BCUT2D eigenvalue weighted by Crippen LogP contribution is -2.58. The molecule has 0 saturated carbocycles. The van der Waals surface area contributed by atoms with Crippen LogP contribution in [0.4, 0.5) is 0 Å². The molecule has 1 aliphatic heterocycles. The number of methoxy groups -OCH3 is 1. The van der Waals surface area contributed by atoms with Crippen molar-refractivity contribution in [2.75, 3.05) is 47.4 Å². The molecule has 1 heterocycles. The number of rotatable bonds is 6. The Hall–Kier alpha value is -1.15. The quantitative estimate of drug-likeness (QED) is 0.752. The van der Waals surface area contributed by atoms with Gasteiger partial charge in [0.2, 0.25) is 10.0 Å². The van der Waals surface area contributed by atoms with Gasteiger partial charge in [-0.3, -0.25) is 4.90 Å². The molecule has 0 aliphatic carbocycles. The smallest absolute Gasteiger partial charge is 0.243 e. The van der Waals surface area contributed by atoms with Gasteiger partial charge in [-0.15, -0.1) is 0 Å². The van der Waals surface area contributed by atoms with E-state index >= 15 is 0 Å². The fourth-order valence-electron chi connectivity index (χ4n) is 3.66. The van der Waals surface area contributed by atoms with Crippen molar-refractivity contribution in [3.05, 3.63) is 23.3 Å². The molecule has 26 heavy (non-hydrogen) atoms. The maximum absolute atomic E-state index is 13.3. The number of hydrogen-bond acceptors (Lipinski definition) is 5. The van der Waals surface area contributed by atoms with E-state index < -0.39 is 10.0 Å². The molecule has 1 fully saturated rings. The van der Waals surface area contributed by atoms with Crippen LogP contribution in [0.2, 0.25) is 0 Å². The summed E-state index contributed by atoms with van der Waals surface area (Å²) in [5.74, 6) is 0.719. The number of piperazine rings is 1. The number of nitrogens with zero attached hydrogens (tertiary/aromatic N) is 3. The van der Waals surface area contributed by atoms with Crippen molar-refractivity contribution in [1.29, 1.82) is 0 Å². The molecule has 0 radical (unpaired) electrons. The van der Waals surface area contributed by atoms with E-state index in [2.05, 4.69) is 37.7 Å². The third-order valence-corrected chi connectivity index (χ3v) is 7.16. The van der Waals surface area contributed by atoms with Crippen LogP contribution in [0.1, 0.15) is 25.0 Å².